The topological polar surface area (TPSA) is 50.8 Å². The fourth-order valence-electron chi connectivity index (χ4n) is 3.93. The Bertz CT molecular complexity index is 1060. The lowest BCUT2D eigenvalue weighted by Gasteiger charge is -2.35. The van der Waals surface area contributed by atoms with Crippen LogP contribution in [0.25, 0.3) is 11.3 Å². The summed E-state index contributed by atoms with van der Waals surface area (Å²) in [5.74, 6) is -0.302. The van der Waals surface area contributed by atoms with Crippen LogP contribution in [0.2, 0.25) is 0 Å². The van der Waals surface area contributed by atoms with Crippen LogP contribution < -0.4 is 0 Å². The summed E-state index contributed by atoms with van der Waals surface area (Å²) in [6.07, 6.45) is 2.73. The third-order valence-electron chi connectivity index (χ3n) is 5.46. The number of aryl methyl sites for hydroxylation is 1. The average molecular weight is 408 g/mol. The molecule has 148 valence electrons. The van der Waals surface area contributed by atoms with Crippen molar-refractivity contribution in [2.45, 2.75) is 41.1 Å². The molecule has 1 aromatic heterocycles. The highest BCUT2D eigenvalue weighted by atomic mass is 32.2. The Kier molecular flexibility index (Phi) is 5.44. The third-order valence-corrected chi connectivity index (χ3v) is 6.50. The quantitative estimate of drug-likeness (QED) is 0.586. The van der Waals surface area contributed by atoms with Crippen LogP contribution in [0, 0.1) is 17.1 Å². The van der Waals surface area contributed by atoms with Gasteiger partial charge in [-0.1, -0.05) is 36.0 Å². The molecule has 2 aromatic carbocycles. The van der Waals surface area contributed by atoms with Crippen LogP contribution in [0.15, 0.2) is 64.5 Å². The van der Waals surface area contributed by atoms with Gasteiger partial charge < -0.3 is 4.74 Å². The molecule has 3 aromatic rings. The maximum Gasteiger partial charge on any atom is 0.141 e. The molecular weight excluding hydrogens is 385 g/mol. The van der Waals surface area contributed by atoms with Gasteiger partial charge in [0.25, 0.3) is 0 Å². The van der Waals surface area contributed by atoms with E-state index in [1.807, 2.05) is 55.1 Å². The Morgan fingerprint density at radius 1 is 1.24 bits per heavy atom. The number of nitriles is 1. The number of nitrogens with zero attached hydrogens (tertiary/aromatic N) is 3. The lowest BCUT2D eigenvalue weighted by atomic mass is 9.73. The van der Waals surface area contributed by atoms with Gasteiger partial charge in [-0.15, -0.1) is 0 Å². The fraction of sp³-hybridized carbons (Fsp3) is 0.304. The van der Waals surface area contributed by atoms with E-state index in [0.29, 0.717) is 29.9 Å². The van der Waals surface area contributed by atoms with E-state index in [1.54, 1.807) is 18.3 Å². The Labute approximate surface area is 174 Å². The zero-order valence-corrected chi connectivity index (χ0v) is 17.2. The summed E-state index contributed by atoms with van der Waals surface area (Å²) < 4.78 is 22.8. The van der Waals surface area contributed by atoms with Gasteiger partial charge in [0.15, 0.2) is 0 Å². The van der Waals surface area contributed by atoms with Crippen molar-refractivity contribution >= 4 is 11.8 Å². The molecule has 1 saturated heterocycles. The average Bonchev–Trinajstić information content (AvgIpc) is 3.16. The Balaban J connectivity index is 1.61. The zero-order valence-electron chi connectivity index (χ0n) is 16.4. The Morgan fingerprint density at radius 2 is 2.03 bits per heavy atom. The largest absolute Gasteiger partial charge is 0.378 e. The van der Waals surface area contributed by atoms with E-state index in [9.17, 15) is 5.26 Å². The molecule has 0 unspecified atom stereocenters. The highest BCUT2D eigenvalue weighted by molar-refractivity contribution is 7.99. The summed E-state index contributed by atoms with van der Waals surface area (Å²) >= 11 is 1.37. The third kappa shape index (κ3) is 3.81. The van der Waals surface area contributed by atoms with E-state index in [-0.39, 0.29) is 11.9 Å². The zero-order chi connectivity index (χ0) is 20.4. The second-order valence-corrected chi connectivity index (χ2v) is 8.53. The molecule has 0 spiro atoms. The number of hydrogen-bond donors (Lipinski definition) is 0. The van der Waals surface area contributed by atoms with Crippen LogP contribution >= 0.6 is 11.8 Å². The first-order valence-corrected chi connectivity index (χ1v) is 10.4. The smallest absolute Gasteiger partial charge is 0.141 e. The molecule has 0 saturated carbocycles. The van der Waals surface area contributed by atoms with Gasteiger partial charge in [0.05, 0.1) is 23.3 Å². The van der Waals surface area contributed by atoms with E-state index < -0.39 is 5.41 Å². The molecule has 4 nitrogen and oxygen atoms in total. The summed E-state index contributed by atoms with van der Waals surface area (Å²) in [5, 5.41) is 14.1. The van der Waals surface area contributed by atoms with Gasteiger partial charge in [-0.2, -0.15) is 10.4 Å². The van der Waals surface area contributed by atoms with Crippen molar-refractivity contribution in [3.8, 4) is 17.3 Å². The van der Waals surface area contributed by atoms with Crippen molar-refractivity contribution in [1.82, 2.24) is 9.78 Å². The van der Waals surface area contributed by atoms with Crippen molar-refractivity contribution in [1.29, 1.82) is 5.26 Å². The molecule has 0 radical (unpaired) electrons. The first-order valence-electron chi connectivity index (χ1n) is 9.60. The summed E-state index contributed by atoms with van der Waals surface area (Å²) in [4.78, 5) is 1.47. The molecular formula is C23H22FN3OS. The Hall–Kier alpha value is -2.62. The van der Waals surface area contributed by atoms with Crippen LogP contribution in [0.4, 0.5) is 4.39 Å². The summed E-state index contributed by atoms with van der Waals surface area (Å²) in [5.41, 5.74) is 1.73. The number of ether oxygens (including phenoxy) is 1. The molecule has 0 bridgehead atoms. The van der Waals surface area contributed by atoms with E-state index in [0.717, 1.165) is 16.2 Å². The normalized spacial score (nSPS) is 21.7. The SMILES string of the molecule is C[C@@H]1C[C@](C#N)(c2cccc(Sc3ccc(-c4ccnn4C)cc3)c2F)CCO1. The van der Waals surface area contributed by atoms with Crippen LogP contribution in [-0.2, 0) is 17.2 Å². The van der Waals surface area contributed by atoms with E-state index in [4.69, 9.17) is 4.74 Å². The molecule has 0 amide bonds. The standard InChI is InChI=1S/C23H22FN3OS/c1-16-14-23(15-25,11-13-28-16)19-4-3-5-21(22(19)24)29-18-8-6-17(7-9-18)20-10-12-26-27(20)2/h3-10,12,16H,11,13-14H2,1-2H3/t16-,23-/m1/s1. The van der Waals surface area contributed by atoms with Crippen LogP contribution in [0.1, 0.15) is 25.3 Å². The minimum atomic E-state index is -0.832. The predicted molar refractivity (Wildman–Crippen MR) is 111 cm³/mol. The van der Waals surface area contributed by atoms with Gasteiger partial charge in [0, 0.05) is 35.2 Å². The molecule has 0 aliphatic carbocycles. The molecule has 1 aliphatic rings. The van der Waals surface area contributed by atoms with Crippen molar-refractivity contribution in [2.24, 2.45) is 7.05 Å². The van der Waals surface area contributed by atoms with Crippen molar-refractivity contribution in [3.05, 3.63) is 66.1 Å². The number of benzene rings is 2. The second kappa shape index (κ2) is 8.02. The van der Waals surface area contributed by atoms with Crippen molar-refractivity contribution < 1.29 is 9.13 Å². The van der Waals surface area contributed by atoms with Gasteiger partial charge >= 0.3 is 0 Å². The number of aromatic nitrogens is 2. The molecule has 4 rings (SSSR count). The van der Waals surface area contributed by atoms with Gasteiger partial charge in [-0.3, -0.25) is 4.68 Å². The van der Waals surface area contributed by atoms with Crippen molar-refractivity contribution in [2.75, 3.05) is 6.61 Å². The maximum atomic E-state index is 15.4. The molecule has 1 aliphatic heterocycles. The van der Waals surface area contributed by atoms with E-state index in [1.165, 1.54) is 11.8 Å². The number of rotatable bonds is 4. The predicted octanol–water partition coefficient (Wildman–Crippen LogP) is 5.34. The molecule has 6 heteroatoms. The first-order chi connectivity index (χ1) is 14.0. The molecule has 2 heterocycles. The minimum Gasteiger partial charge on any atom is -0.378 e. The minimum absolute atomic E-state index is 0.0568. The Morgan fingerprint density at radius 3 is 2.69 bits per heavy atom. The molecule has 1 fully saturated rings. The van der Waals surface area contributed by atoms with Crippen LogP contribution in [0.5, 0.6) is 0 Å². The van der Waals surface area contributed by atoms with Gasteiger partial charge in [0.2, 0.25) is 0 Å². The number of halogens is 1. The van der Waals surface area contributed by atoms with Gasteiger partial charge in [0.1, 0.15) is 5.82 Å². The van der Waals surface area contributed by atoms with E-state index >= 15 is 4.39 Å². The van der Waals surface area contributed by atoms with Crippen molar-refractivity contribution in [3.63, 3.8) is 0 Å². The lowest BCUT2D eigenvalue weighted by Crippen LogP contribution is -2.37. The maximum absolute atomic E-state index is 15.4. The molecule has 29 heavy (non-hydrogen) atoms. The highest BCUT2D eigenvalue weighted by Crippen LogP contribution is 2.41. The summed E-state index contributed by atoms with van der Waals surface area (Å²) in [7, 11) is 1.90. The summed E-state index contributed by atoms with van der Waals surface area (Å²) in [6.45, 7) is 2.41. The molecule has 0 N–H and O–H groups in total. The van der Waals surface area contributed by atoms with Crippen LogP contribution in [0.3, 0.4) is 0 Å². The fourth-order valence-corrected chi connectivity index (χ4v) is 4.80. The monoisotopic (exact) mass is 407 g/mol. The lowest BCUT2D eigenvalue weighted by molar-refractivity contribution is 0.00275. The number of hydrogen-bond acceptors (Lipinski definition) is 4. The summed E-state index contributed by atoms with van der Waals surface area (Å²) in [6, 6.07) is 17.7. The first kappa shape index (κ1) is 19.7. The van der Waals surface area contributed by atoms with Crippen LogP contribution in [-0.4, -0.2) is 22.5 Å². The van der Waals surface area contributed by atoms with Gasteiger partial charge in [-0.05, 0) is 49.6 Å². The van der Waals surface area contributed by atoms with Gasteiger partial charge in [-0.25, -0.2) is 4.39 Å². The van der Waals surface area contributed by atoms with E-state index in [2.05, 4.69) is 11.2 Å². The molecule has 2 atom stereocenters. The second-order valence-electron chi connectivity index (χ2n) is 7.41. The highest BCUT2D eigenvalue weighted by Gasteiger charge is 2.40.